The Balaban J connectivity index is 0.00000243. The average molecular weight is 383 g/mol. The van der Waals surface area contributed by atoms with Crippen molar-refractivity contribution in [2.75, 3.05) is 6.54 Å². The molecular formula is C19H21ClF2N2O2. The maximum atomic E-state index is 13.1. The predicted molar refractivity (Wildman–Crippen MR) is 97.7 cm³/mol. The van der Waals surface area contributed by atoms with Crippen molar-refractivity contribution < 1.29 is 18.3 Å². The number of amides is 1. The van der Waals surface area contributed by atoms with Crippen molar-refractivity contribution >= 4 is 18.3 Å². The maximum Gasteiger partial charge on any atom is 0.262 e. The first-order chi connectivity index (χ1) is 12.0. The first kappa shape index (κ1) is 20.1. The van der Waals surface area contributed by atoms with Gasteiger partial charge in [0.25, 0.3) is 5.92 Å². The van der Waals surface area contributed by atoms with Crippen molar-refractivity contribution in [1.82, 2.24) is 10.6 Å². The Bertz CT molecular complexity index is 711. The summed E-state index contributed by atoms with van der Waals surface area (Å²) < 4.78 is 31.9. The van der Waals surface area contributed by atoms with E-state index in [2.05, 4.69) is 10.6 Å². The first-order valence-corrected chi connectivity index (χ1v) is 8.16. The zero-order valence-electron chi connectivity index (χ0n) is 14.1. The van der Waals surface area contributed by atoms with Gasteiger partial charge in [-0.1, -0.05) is 42.5 Å². The van der Waals surface area contributed by atoms with Crippen molar-refractivity contribution in [3.05, 3.63) is 65.7 Å². The molecule has 26 heavy (non-hydrogen) atoms. The molecule has 1 aliphatic rings. The third-order valence-electron chi connectivity index (χ3n) is 4.06. The van der Waals surface area contributed by atoms with Crippen molar-refractivity contribution in [1.29, 1.82) is 0 Å². The lowest BCUT2D eigenvalue weighted by molar-refractivity contribution is -0.123. The number of carbonyl (C=O) groups is 1. The van der Waals surface area contributed by atoms with Gasteiger partial charge in [-0.05, 0) is 23.3 Å². The number of halogens is 3. The number of ether oxygens (including phenoxy) is 1. The monoisotopic (exact) mass is 382 g/mol. The molecule has 0 bridgehead atoms. The van der Waals surface area contributed by atoms with Crippen LogP contribution in [0, 0.1) is 0 Å². The highest BCUT2D eigenvalue weighted by molar-refractivity contribution is 5.85. The smallest absolute Gasteiger partial charge is 0.262 e. The zero-order valence-corrected chi connectivity index (χ0v) is 14.9. The maximum absolute atomic E-state index is 13.1. The summed E-state index contributed by atoms with van der Waals surface area (Å²) in [6.07, 6.45) is -0.450. The Kier molecular flexibility index (Phi) is 6.94. The molecular weight excluding hydrogens is 362 g/mol. The van der Waals surface area contributed by atoms with Crippen LogP contribution >= 0.6 is 12.4 Å². The van der Waals surface area contributed by atoms with E-state index in [0.717, 1.165) is 16.9 Å². The number of carbonyl (C=O) groups excluding carboxylic acids is 1. The molecule has 1 saturated heterocycles. The lowest BCUT2D eigenvalue weighted by Crippen LogP contribution is -2.40. The highest BCUT2D eigenvalue weighted by Gasteiger charge is 2.42. The first-order valence-electron chi connectivity index (χ1n) is 8.16. The van der Waals surface area contributed by atoms with Crippen molar-refractivity contribution in [3.63, 3.8) is 0 Å². The van der Waals surface area contributed by atoms with Crippen molar-refractivity contribution in [3.8, 4) is 5.75 Å². The Hall–Kier alpha value is -2.18. The van der Waals surface area contributed by atoms with E-state index in [9.17, 15) is 13.6 Å². The fourth-order valence-electron chi connectivity index (χ4n) is 2.65. The molecule has 2 aromatic carbocycles. The molecule has 0 aromatic heterocycles. The van der Waals surface area contributed by atoms with Gasteiger partial charge >= 0.3 is 0 Å². The molecule has 2 N–H and O–H groups in total. The van der Waals surface area contributed by atoms with Gasteiger partial charge in [-0.2, -0.15) is 0 Å². The fraction of sp³-hybridized carbons (Fsp3) is 0.316. The van der Waals surface area contributed by atoms with Crippen molar-refractivity contribution in [2.45, 2.75) is 31.5 Å². The Morgan fingerprint density at radius 2 is 1.77 bits per heavy atom. The number of benzene rings is 2. The van der Waals surface area contributed by atoms with E-state index in [1.54, 1.807) is 0 Å². The standard InChI is InChI=1S/C19H20F2N2O2.ClH/c20-19(21)10-17(23-13-19)18(24)22-11-14-6-8-15(9-7-14)12-25-16-4-2-1-3-5-16;/h1-9,17,23H,10-13H2,(H,22,24);1H. The lowest BCUT2D eigenvalue weighted by Gasteiger charge is -2.12. The van der Waals surface area contributed by atoms with Gasteiger partial charge in [0.15, 0.2) is 0 Å². The van der Waals surface area contributed by atoms with Crippen LogP contribution < -0.4 is 15.4 Å². The van der Waals surface area contributed by atoms with Gasteiger partial charge in [0.1, 0.15) is 12.4 Å². The number of para-hydroxylation sites is 1. The molecule has 2 aromatic rings. The van der Waals surface area contributed by atoms with Gasteiger partial charge in [-0.25, -0.2) is 8.78 Å². The van der Waals surface area contributed by atoms with E-state index in [1.807, 2.05) is 54.6 Å². The van der Waals surface area contributed by atoms with E-state index in [4.69, 9.17) is 4.74 Å². The van der Waals surface area contributed by atoms with Gasteiger partial charge in [0.2, 0.25) is 5.91 Å². The molecule has 1 fully saturated rings. The number of hydrogen-bond acceptors (Lipinski definition) is 3. The molecule has 4 nitrogen and oxygen atoms in total. The third-order valence-corrected chi connectivity index (χ3v) is 4.06. The summed E-state index contributed by atoms with van der Waals surface area (Å²) in [4.78, 5) is 11.9. The third kappa shape index (κ3) is 5.68. The molecule has 1 heterocycles. The number of hydrogen-bond donors (Lipinski definition) is 2. The van der Waals surface area contributed by atoms with Gasteiger partial charge < -0.3 is 10.1 Å². The summed E-state index contributed by atoms with van der Waals surface area (Å²) in [5.41, 5.74) is 1.91. The topological polar surface area (TPSA) is 50.4 Å². The fourth-order valence-corrected chi connectivity index (χ4v) is 2.65. The molecule has 1 atom stereocenters. The van der Waals surface area contributed by atoms with E-state index < -0.39 is 30.8 Å². The minimum atomic E-state index is -2.80. The average Bonchev–Trinajstić information content (AvgIpc) is 3.00. The van der Waals surface area contributed by atoms with Gasteiger partial charge in [-0.3, -0.25) is 10.1 Å². The summed E-state index contributed by atoms with van der Waals surface area (Å²) in [5.74, 6) is -2.39. The molecule has 1 aliphatic heterocycles. The molecule has 0 spiro atoms. The van der Waals surface area contributed by atoms with Crippen LogP contribution in [0.3, 0.4) is 0 Å². The molecule has 1 amide bonds. The quantitative estimate of drug-likeness (QED) is 0.806. The minimum absolute atomic E-state index is 0. The zero-order chi connectivity index (χ0) is 17.7. The van der Waals surface area contributed by atoms with Gasteiger partial charge in [0, 0.05) is 13.0 Å². The van der Waals surface area contributed by atoms with Crippen LogP contribution in [0.15, 0.2) is 54.6 Å². The Morgan fingerprint density at radius 1 is 1.12 bits per heavy atom. The second kappa shape index (κ2) is 8.96. The molecule has 0 radical (unpaired) electrons. The molecule has 3 rings (SSSR count). The highest BCUT2D eigenvalue weighted by Crippen LogP contribution is 2.25. The summed E-state index contributed by atoms with van der Waals surface area (Å²) in [7, 11) is 0. The van der Waals surface area contributed by atoms with E-state index >= 15 is 0 Å². The Labute approximate surface area is 157 Å². The van der Waals surface area contributed by atoms with Crippen LogP contribution in [-0.2, 0) is 17.9 Å². The second-order valence-electron chi connectivity index (χ2n) is 6.13. The molecule has 1 unspecified atom stereocenters. The second-order valence-corrected chi connectivity index (χ2v) is 6.13. The van der Waals surface area contributed by atoms with Gasteiger partial charge in [-0.15, -0.1) is 12.4 Å². The molecule has 140 valence electrons. The lowest BCUT2D eigenvalue weighted by atomic mass is 10.1. The molecule has 7 heteroatoms. The van der Waals surface area contributed by atoms with Crippen LogP contribution in [0.1, 0.15) is 17.5 Å². The normalized spacial score (nSPS) is 18.0. The summed E-state index contributed by atoms with van der Waals surface area (Å²) in [6, 6.07) is 16.3. The molecule has 0 saturated carbocycles. The van der Waals surface area contributed by atoms with Crippen LogP contribution in [0.25, 0.3) is 0 Å². The van der Waals surface area contributed by atoms with Crippen LogP contribution in [0.5, 0.6) is 5.75 Å². The van der Waals surface area contributed by atoms with Crippen LogP contribution in [0.2, 0.25) is 0 Å². The van der Waals surface area contributed by atoms with Crippen LogP contribution in [-0.4, -0.2) is 24.4 Å². The summed E-state index contributed by atoms with van der Waals surface area (Å²) in [6.45, 7) is 0.321. The van der Waals surface area contributed by atoms with E-state index in [1.165, 1.54) is 0 Å². The number of rotatable bonds is 6. The van der Waals surface area contributed by atoms with Crippen LogP contribution in [0.4, 0.5) is 8.78 Å². The largest absolute Gasteiger partial charge is 0.489 e. The highest BCUT2D eigenvalue weighted by atomic mass is 35.5. The summed E-state index contributed by atoms with van der Waals surface area (Å²) in [5, 5.41) is 5.24. The van der Waals surface area contributed by atoms with Gasteiger partial charge in [0.05, 0.1) is 12.6 Å². The minimum Gasteiger partial charge on any atom is -0.489 e. The summed E-state index contributed by atoms with van der Waals surface area (Å²) >= 11 is 0. The number of nitrogens with one attached hydrogen (secondary N) is 2. The van der Waals surface area contributed by atoms with E-state index in [-0.39, 0.29) is 12.4 Å². The Morgan fingerprint density at radius 3 is 2.38 bits per heavy atom. The van der Waals surface area contributed by atoms with E-state index in [0.29, 0.717) is 13.2 Å². The SMILES string of the molecule is Cl.O=C(NCc1ccc(COc2ccccc2)cc1)C1CC(F)(F)CN1. The predicted octanol–water partition coefficient (Wildman–Crippen LogP) is 3.30. The number of alkyl halides is 2. The molecule has 0 aliphatic carbocycles. The van der Waals surface area contributed by atoms with Crippen molar-refractivity contribution in [2.24, 2.45) is 0 Å².